The van der Waals surface area contributed by atoms with Gasteiger partial charge in [0.25, 0.3) is 5.91 Å². The summed E-state index contributed by atoms with van der Waals surface area (Å²) >= 11 is 0. The Morgan fingerprint density at radius 1 is 1.07 bits per heavy atom. The monoisotopic (exact) mass is 360 g/mol. The second-order valence-electron chi connectivity index (χ2n) is 6.80. The molecular weight excluding hydrogens is 340 g/mol. The Bertz CT molecular complexity index is 1050. The van der Waals surface area contributed by atoms with Gasteiger partial charge in [-0.1, -0.05) is 55.5 Å². The molecule has 6 nitrogen and oxygen atoms in total. The molecule has 0 radical (unpaired) electrons. The number of aromatic nitrogens is 1. The van der Waals surface area contributed by atoms with Gasteiger partial charge in [-0.25, -0.2) is 4.79 Å². The van der Waals surface area contributed by atoms with E-state index in [1.54, 1.807) is 13.1 Å². The Kier molecular flexibility index (Phi) is 4.03. The number of H-pyrrole nitrogens is 1. The van der Waals surface area contributed by atoms with Crippen molar-refractivity contribution in [1.82, 2.24) is 15.3 Å². The molecule has 0 saturated carbocycles. The van der Waals surface area contributed by atoms with Crippen molar-refractivity contribution < 1.29 is 9.59 Å². The van der Waals surface area contributed by atoms with Crippen LogP contribution in [0.25, 0.3) is 22.2 Å². The predicted molar refractivity (Wildman–Crippen MR) is 105 cm³/mol. The van der Waals surface area contributed by atoms with Gasteiger partial charge in [0, 0.05) is 16.5 Å². The van der Waals surface area contributed by atoms with Gasteiger partial charge >= 0.3 is 6.03 Å². The number of hydrogen-bond acceptors (Lipinski definition) is 3. The number of benzene rings is 2. The number of fused-ring (bicyclic) bond motifs is 1. The zero-order valence-corrected chi connectivity index (χ0v) is 15.2. The van der Waals surface area contributed by atoms with Crippen LogP contribution in [0.4, 0.5) is 4.79 Å². The van der Waals surface area contributed by atoms with Gasteiger partial charge in [0.2, 0.25) is 0 Å². The first-order valence-corrected chi connectivity index (χ1v) is 8.90. The van der Waals surface area contributed by atoms with Crippen molar-refractivity contribution in [2.24, 2.45) is 5.10 Å². The number of aromatic amines is 1. The second-order valence-corrected chi connectivity index (χ2v) is 6.80. The van der Waals surface area contributed by atoms with Gasteiger partial charge < -0.3 is 10.3 Å². The summed E-state index contributed by atoms with van der Waals surface area (Å²) in [6.45, 7) is 3.57. The Balaban J connectivity index is 1.79. The van der Waals surface area contributed by atoms with Crippen molar-refractivity contribution in [3.63, 3.8) is 0 Å². The smallest absolute Gasteiger partial charge is 0.346 e. The molecule has 0 unspecified atom stereocenters. The lowest BCUT2D eigenvalue weighted by Gasteiger charge is -2.17. The van der Waals surface area contributed by atoms with Crippen LogP contribution in [0.1, 0.15) is 25.8 Å². The van der Waals surface area contributed by atoms with Crippen molar-refractivity contribution in [2.45, 2.75) is 25.8 Å². The van der Waals surface area contributed by atoms with Crippen LogP contribution in [-0.2, 0) is 4.79 Å². The molecule has 6 heteroatoms. The van der Waals surface area contributed by atoms with Gasteiger partial charge in [0.05, 0.1) is 11.9 Å². The lowest BCUT2D eigenvalue weighted by atomic mass is 10.00. The fraction of sp³-hybridized carbons (Fsp3) is 0.190. The van der Waals surface area contributed by atoms with Crippen molar-refractivity contribution in [2.75, 3.05) is 0 Å². The summed E-state index contributed by atoms with van der Waals surface area (Å²) < 4.78 is 0. The SMILES string of the molecule is CC[C@]1(C)NC(=O)N(/N=C/c2c(-c3ccccc3)[nH]c3ccccc23)C1=O. The number of carbonyl (C=O) groups excluding carboxylic acids is 2. The van der Waals surface area contributed by atoms with E-state index in [0.717, 1.165) is 32.7 Å². The Morgan fingerprint density at radius 3 is 2.48 bits per heavy atom. The van der Waals surface area contributed by atoms with E-state index in [2.05, 4.69) is 15.4 Å². The number of carbonyl (C=O) groups is 2. The van der Waals surface area contributed by atoms with E-state index in [4.69, 9.17) is 0 Å². The predicted octanol–water partition coefficient (Wildman–Crippen LogP) is 3.89. The average Bonchev–Trinajstić information content (AvgIpc) is 3.16. The first kappa shape index (κ1) is 17.0. The first-order chi connectivity index (χ1) is 13.0. The maximum Gasteiger partial charge on any atom is 0.346 e. The number of rotatable bonds is 4. The third-order valence-corrected chi connectivity index (χ3v) is 5.06. The standard InChI is InChI=1S/C21H20N4O2/c1-3-21(2)19(26)25(20(27)24-21)22-13-16-15-11-7-8-12-17(15)23-18(16)14-9-5-4-6-10-14/h4-13,23H,3H2,1-2H3,(H,24,27)/b22-13+/t21-/m0/s1. The van der Waals surface area contributed by atoms with Crippen molar-refractivity contribution in [3.8, 4) is 11.3 Å². The molecule has 1 aliphatic heterocycles. The number of para-hydroxylation sites is 1. The van der Waals surface area contributed by atoms with Gasteiger partial charge in [0.1, 0.15) is 5.54 Å². The van der Waals surface area contributed by atoms with E-state index in [0.29, 0.717) is 6.42 Å². The number of hydrazone groups is 1. The number of nitrogens with one attached hydrogen (secondary N) is 2. The Labute approximate surface area is 156 Å². The number of hydrogen-bond donors (Lipinski definition) is 2. The quantitative estimate of drug-likeness (QED) is 0.547. The molecule has 2 aromatic carbocycles. The number of urea groups is 1. The Hall–Kier alpha value is -3.41. The first-order valence-electron chi connectivity index (χ1n) is 8.90. The molecule has 1 aromatic heterocycles. The van der Waals surface area contributed by atoms with Gasteiger partial charge in [-0.05, 0) is 25.0 Å². The third-order valence-electron chi connectivity index (χ3n) is 5.06. The van der Waals surface area contributed by atoms with Crippen molar-refractivity contribution >= 4 is 29.1 Å². The van der Waals surface area contributed by atoms with Gasteiger partial charge in [-0.15, -0.1) is 5.01 Å². The van der Waals surface area contributed by atoms with Crippen LogP contribution in [0.5, 0.6) is 0 Å². The molecule has 1 saturated heterocycles. The molecule has 1 atom stereocenters. The molecular formula is C21H20N4O2. The van der Waals surface area contributed by atoms with E-state index in [-0.39, 0.29) is 5.91 Å². The molecule has 4 rings (SSSR count). The minimum atomic E-state index is -0.906. The summed E-state index contributed by atoms with van der Waals surface area (Å²) in [7, 11) is 0. The molecule has 0 aliphatic carbocycles. The van der Waals surface area contributed by atoms with E-state index in [1.807, 2.05) is 61.5 Å². The molecule has 3 aromatic rings. The summed E-state index contributed by atoms with van der Waals surface area (Å²) in [5, 5.41) is 8.84. The number of nitrogens with zero attached hydrogens (tertiary/aromatic N) is 2. The summed E-state index contributed by atoms with van der Waals surface area (Å²) in [5.41, 5.74) is 2.80. The number of imide groups is 1. The zero-order chi connectivity index (χ0) is 19.0. The fourth-order valence-corrected chi connectivity index (χ4v) is 3.26. The van der Waals surface area contributed by atoms with Gasteiger partial charge in [-0.2, -0.15) is 5.10 Å². The van der Waals surface area contributed by atoms with Crippen LogP contribution < -0.4 is 5.32 Å². The molecule has 136 valence electrons. The summed E-state index contributed by atoms with van der Waals surface area (Å²) in [5.74, 6) is -0.340. The highest BCUT2D eigenvalue weighted by atomic mass is 16.2. The van der Waals surface area contributed by atoms with E-state index >= 15 is 0 Å². The fourth-order valence-electron chi connectivity index (χ4n) is 3.26. The van der Waals surface area contributed by atoms with Crippen LogP contribution >= 0.6 is 0 Å². The van der Waals surface area contributed by atoms with Crippen LogP contribution in [0.3, 0.4) is 0 Å². The highest BCUT2D eigenvalue weighted by Gasteiger charge is 2.46. The van der Waals surface area contributed by atoms with E-state index in [1.165, 1.54) is 0 Å². The minimum Gasteiger partial charge on any atom is -0.354 e. The van der Waals surface area contributed by atoms with Crippen LogP contribution in [0.15, 0.2) is 59.7 Å². The lowest BCUT2D eigenvalue weighted by Crippen LogP contribution is -2.42. The highest BCUT2D eigenvalue weighted by molar-refractivity contribution is 6.09. The molecule has 1 fully saturated rings. The molecule has 2 N–H and O–H groups in total. The van der Waals surface area contributed by atoms with Gasteiger partial charge in [0.15, 0.2) is 0 Å². The molecule has 1 aliphatic rings. The lowest BCUT2D eigenvalue weighted by molar-refractivity contribution is -0.130. The summed E-state index contributed by atoms with van der Waals surface area (Å²) in [6.07, 6.45) is 2.09. The molecule has 3 amide bonds. The minimum absolute atomic E-state index is 0.340. The normalized spacial score (nSPS) is 20.0. The maximum atomic E-state index is 12.6. The number of amides is 3. The third kappa shape index (κ3) is 2.79. The second kappa shape index (κ2) is 6.39. The zero-order valence-electron chi connectivity index (χ0n) is 15.2. The van der Waals surface area contributed by atoms with E-state index in [9.17, 15) is 9.59 Å². The van der Waals surface area contributed by atoms with E-state index < -0.39 is 11.6 Å². The van der Waals surface area contributed by atoms with Gasteiger partial charge in [-0.3, -0.25) is 4.79 Å². The molecule has 0 bridgehead atoms. The Morgan fingerprint density at radius 2 is 1.78 bits per heavy atom. The van der Waals surface area contributed by atoms with Crippen LogP contribution in [0, 0.1) is 0 Å². The van der Waals surface area contributed by atoms with Crippen molar-refractivity contribution in [1.29, 1.82) is 0 Å². The average molecular weight is 360 g/mol. The molecule has 0 spiro atoms. The molecule has 2 heterocycles. The maximum absolute atomic E-state index is 12.6. The summed E-state index contributed by atoms with van der Waals surface area (Å²) in [4.78, 5) is 28.2. The van der Waals surface area contributed by atoms with Crippen molar-refractivity contribution in [3.05, 3.63) is 60.2 Å². The highest BCUT2D eigenvalue weighted by Crippen LogP contribution is 2.29. The largest absolute Gasteiger partial charge is 0.354 e. The van der Waals surface area contributed by atoms with Crippen LogP contribution in [-0.4, -0.2) is 33.7 Å². The topological polar surface area (TPSA) is 77.6 Å². The molecule has 27 heavy (non-hydrogen) atoms. The van der Waals surface area contributed by atoms with Crippen LogP contribution in [0.2, 0.25) is 0 Å². The summed E-state index contributed by atoms with van der Waals surface area (Å²) in [6, 6.07) is 17.3.